The lowest BCUT2D eigenvalue weighted by molar-refractivity contribution is -0.117. The van der Waals surface area contributed by atoms with E-state index in [1.165, 1.54) is 0 Å². The first-order chi connectivity index (χ1) is 12.7. The molecule has 0 spiro atoms. The molecule has 3 aromatic rings. The molecule has 0 bridgehead atoms. The SMILES string of the molecule is O=C1CC(c2ccccc2O)=Nc2ccccc2N1Cc1ccccc1. The third kappa shape index (κ3) is 3.09. The Labute approximate surface area is 152 Å². The van der Waals surface area contributed by atoms with Crippen LogP contribution in [0, 0.1) is 0 Å². The van der Waals surface area contributed by atoms with E-state index in [-0.39, 0.29) is 18.1 Å². The van der Waals surface area contributed by atoms with E-state index >= 15 is 0 Å². The highest BCUT2D eigenvalue weighted by atomic mass is 16.3. The summed E-state index contributed by atoms with van der Waals surface area (Å²) in [6.45, 7) is 0.486. The Hall–Kier alpha value is -3.40. The molecule has 1 N–H and O–H groups in total. The minimum Gasteiger partial charge on any atom is -0.507 e. The topological polar surface area (TPSA) is 52.9 Å². The molecule has 26 heavy (non-hydrogen) atoms. The largest absolute Gasteiger partial charge is 0.507 e. The van der Waals surface area contributed by atoms with Gasteiger partial charge in [0, 0.05) is 5.56 Å². The van der Waals surface area contributed by atoms with Crippen LogP contribution in [0.2, 0.25) is 0 Å². The van der Waals surface area contributed by atoms with E-state index in [0.717, 1.165) is 16.9 Å². The highest BCUT2D eigenvalue weighted by Gasteiger charge is 2.25. The highest BCUT2D eigenvalue weighted by molar-refractivity contribution is 6.18. The summed E-state index contributed by atoms with van der Waals surface area (Å²) in [4.78, 5) is 19.5. The van der Waals surface area contributed by atoms with Gasteiger partial charge in [0.05, 0.1) is 30.1 Å². The number of fused-ring (bicyclic) bond motifs is 1. The lowest BCUT2D eigenvalue weighted by Gasteiger charge is -2.22. The summed E-state index contributed by atoms with van der Waals surface area (Å²) in [6.07, 6.45) is 0.138. The molecule has 0 fully saturated rings. The molecule has 0 saturated heterocycles. The van der Waals surface area contributed by atoms with Crippen LogP contribution in [0.3, 0.4) is 0 Å². The van der Waals surface area contributed by atoms with Gasteiger partial charge in [-0.1, -0.05) is 54.6 Å². The minimum absolute atomic E-state index is 0.0409. The van der Waals surface area contributed by atoms with Crippen molar-refractivity contribution in [1.29, 1.82) is 0 Å². The quantitative estimate of drug-likeness (QED) is 0.764. The van der Waals surface area contributed by atoms with E-state index < -0.39 is 0 Å². The maximum absolute atomic E-state index is 13.0. The molecular formula is C22H18N2O2. The van der Waals surface area contributed by atoms with Gasteiger partial charge in [-0.3, -0.25) is 4.79 Å². The van der Waals surface area contributed by atoms with Crippen LogP contribution >= 0.6 is 0 Å². The number of hydrogen-bond acceptors (Lipinski definition) is 3. The second-order valence-electron chi connectivity index (χ2n) is 6.21. The molecule has 4 heteroatoms. The number of amides is 1. The zero-order valence-electron chi connectivity index (χ0n) is 14.2. The monoisotopic (exact) mass is 342 g/mol. The second-order valence-corrected chi connectivity index (χ2v) is 6.21. The fraction of sp³-hybridized carbons (Fsp3) is 0.0909. The molecule has 0 aliphatic carbocycles. The zero-order chi connectivity index (χ0) is 17.9. The van der Waals surface area contributed by atoms with Crippen LogP contribution in [0.25, 0.3) is 0 Å². The molecular weight excluding hydrogens is 324 g/mol. The summed E-state index contributed by atoms with van der Waals surface area (Å²) in [5.41, 5.74) is 3.74. The molecule has 4 rings (SSSR count). The first-order valence-corrected chi connectivity index (χ1v) is 8.51. The number of para-hydroxylation sites is 3. The smallest absolute Gasteiger partial charge is 0.233 e. The Morgan fingerprint density at radius 3 is 2.38 bits per heavy atom. The van der Waals surface area contributed by atoms with Gasteiger partial charge in [0.25, 0.3) is 0 Å². The van der Waals surface area contributed by atoms with Gasteiger partial charge >= 0.3 is 0 Å². The fourth-order valence-electron chi connectivity index (χ4n) is 3.16. The number of benzene rings is 3. The molecule has 0 saturated carbocycles. The summed E-state index contributed by atoms with van der Waals surface area (Å²) in [6, 6.07) is 24.5. The standard InChI is InChI=1S/C22H18N2O2/c25-21-13-7-4-10-17(21)19-14-22(26)24(15-16-8-2-1-3-9-16)20-12-6-5-11-18(20)23-19/h1-13,25H,14-15H2. The maximum atomic E-state index is 13.0. The maximum Gasteiger partial charge on any atom is 0.233 e. The Morgan fingerprint density at radius 1 is 0.885 bits per heavy atom. The van der Waals surface area contributed by atoms with Crippen LogP contribution in [0.4, 0.5) is 11.4 Å². The molecule has 128 valence electrons. The Kier molecular flexibility index (Phi) is 4.23. The number of rotatable bonds is 3. The summed E-state index contributed by atoms with van der Waals surface area (Å²) in [5, 5.41) is 10.2. The van der Waals surface area contributed by atoms with Crippen molar-refractivity contribution in [3.8, 4) is 5.75 Å². The molecule has 0 atom stereocenters. The molecule has 0 radical (unpaired) electrons. The average Bonchev–Trinajstić information content (AvgIpc) is 2.80. The van der Waals surface area contributed by atoms with Gasteiger partial charge in [-0.05, 0) is 29.8 Å². The zero-order valence-corrected chi connectivity index (χ0v) is 14.2. The molecule has 1 aliphatic rings. The highest BCUT2D eigenvalue weighted by Crippen LogP contribution is 2.34. The van der Waals surface area contributed by atoms with Crippen molar-refractivity contribution in [3.63, 3.8) is 0 Å². The van der Waals surface area contributed by atoms with Crippen LogP contribution < -0.4 is 4.90 Å². The fourth-order valence-corrected chi connectivity index (χ4v) is 3.16. The Balaban J connectivity index is 1.77. The number of anilines is 1. The third-order valence-electron chi connectivity index (χ3n) is 4.45. The van der Waals surface area contributed by atoms with Gasteiger partial charge in [0.15, 0.2) is 0 Å². The minimum atomic E-state index is -0.0409. The summed E-state index contributed by atoms with van der Waals surface area (Å²) in [5.74, 6) is 0.0915. The van der Waals surface area contributed by atoms with E-state index in [2.05, 4.69) is 0 Å². The normalized spacial score (nSPS) is 13.8. The summed E-state index contributed by atoms with van der Waals surface area (Å²) in [7, 11) is 0. The molecule has 0 unspecified atom stereocenters. The van der Waals surface area contributed by atoms with E-state index in [1.807, 2.05) is 60.7 Å². The molecule has 1 heterocycles. The molecule has 1 aliphatic heterocycles. The van der Waals surface area contributed by atoms with Crippen LogP contribution in [0.1, 0.15) is 17.5 Å². The van der Waals surface area contributed by atoms with Gasteiger partial charge in [0.1, 0.15) is 5.75 Å². The van der Waals surface area contributed by atoms with E-state index in [0.29, 0.717) is 17.8 Å². The van der Waals surface area contributed by atoms with Gasteiger partial charge < -0.3 is 10.0 Å². The van der Waals surface area contributed by atoms with Gasteiger partial charge in [0.2, 0.25) is 5.91 Å². The summed E-state index contributed by atoms with van der Waals surface area (Å²) < 4.78 is 0. The van der Waals surface area contributed by atoms with Crippen molar-refractivity contribution >= 4 is 23.0 Å². The first-order valence-electron chi connectivity index (χ1n) is 8.51. The average molecular weight is 342 g/mol. The van der Waals surface area contributed by atoms with E-state index in [4.69, 9.17) is 4.99 Å². The van der Waals surface area contributed by atoms with Crippen LogP contribution in [-0.2, 0) is 11.3 Å². The Bertz CT molecular complexity index is 980. The number of nitrogens with zero attached hydrogens (tertiary/aromatic N) is 2. The summed E-state index contributed by atoms with van der Waals surface area (Å²) >= 11 is 0. The number of aliphatic imine (C=N–C) groups is 1. The van der Waals surface area contributed by atoms with Crippen LogP contribution in [0.15, 0.2) is 83.9 Å². The third-order valence-corrected chi connectivity index (χ3v) is 4.45. The van der Waals surface area contributed by atoms with Crippen molar-refractivity contribution in [2.75, 3.05) is 4.90 Å². The Morgan fingerprint density at radius 2 is 1.58 bits per heavy atom. The number of phenolic OH excluding ortho intramolecular Hbond substituents is 1. The van der Waals surface area contributed by atoms with Crippen molar-refractivity contribution in [1.82, 2.24) is 0 Å². The van der Waals surface area contributed by atoms with Crippen molar-refractivity contribution in [2.24, 2.45) is 4.99 Å². The lowest BCUT2D eigenvalue weighted by Crippen LogP contribution is -2.31. The van der Waals surface area contributed by atoms with Crippen molar-refractivity contribution in [2.45, 2.75) is 13.0 Å². The molecule has 3 aromatic carbocycles. The molecule has 4 nitrogen and oxygen atoms in total. The van der Waals surface area contributed by atoms with Crippen LogP contribution in [-0.4, -0.2) is 16.7 Å². The van der Waals surface area contributed by atoms with E-state index in [9.17, 15) is 9.90 Å². The number of carbonyl (C=O) groups excluding carboxylic acids is 1. The lowest BCUT2D eigenvalue weighted by atomic mass is 10.1. The van der Waals surface area contributed by atoms with Gasteiger partial charge in [-0.25, -0.2) is 4.99 Å². The predicted molar refractivity (Wildman–Crippen MR) is 103 cm³/mol. The number of carbonyl (C=O) groups is 1. The predicted octanol–water partition coefficient (Wildman–Crippen LogP) is 4.45. The number of phenols is 1. The van der Waals surface area contributed by atoms with Gasteiger partial charge in [-0.2, -0.15) is 0 Å². The molecule has 1 amide bonds. The van der Waals surface area contributed by atoms with Crippen LogP contribution in [0.5, 0.6) is 5.75 Å². The van der Waals surface area contributed by atoms with Crippen molar-refractivity contribution < 1.29 is 9.90 Å². The number of hydrogen-bond donors (Lipinski definition) is 1. The van der Waals surface area contributed by atoms with E-state index in [1.54, 1.807) is 23.1 Å². The molecule has 0 aromatic heterocycles. The number of aromatic hydroxyl groups is 1. The second kappa shape index (κ2) is 6.84. The van der Waals surface area contributed by atoms with Crippen molar-refractivity contribution in [3.05, 3.63) is 90.0 Å². The van der Waals surface area contributed by atoms with Gasteiger partial charge in [-0.15, -0.1) is 0 Å². The first kappa shape index (κ1) is 16.1.